The zero-order chi connectivity index (χ0) is 13.9. The Bertz CT molecular complexity index is 741. The van der Waals surface area contributed by atoms with Crippen LogP contribution in [0.2, 0.25) is 0 Å². The van der Waals surface area contributed by atoms with Gasteiger partial charge in [0, 0.05) is 18.7 Å². The van der Waals surface area contributed by atoms with Crippen molar-refractivity contribution in [3.05, 3.63) is 65.9 Å². The van der Waals surface area contributed by atoms with Crippen LogP contribution in [0.3, 0.4) is 0 Å². The Morgan fingerprint density at radius 2 is 1.90 bits per heavy atom. The van der Waals surface area contributed by atoms with E-state index in [4.69, 9.17) is 9.15 Å². The molecule has 0 saturated heterocycles. The summed E-state index contributed by atoms with van der Waals surface area (Å²) in [5.41, 5.74) is 2.00. The van der Waals surface area contributed by atoms with Gasteiger partial charge in [-0.25, -0.2) is 0 Å². The Morgan fingerprint density at radius 3 is 2.65 bits per heavy atom. The van der Waals surface area contributed by atoms with E-state index in [1.165, 1.54) is 12.5 Å². The molecule has 100 valence electrons. The standard InChI is InChI=1S/C17H14O3/c1-12(18)19-15-7-8-17-14(10-15)11-16(20-17)9-13-5-3-2-4-6-13/h2-8,10-11H,9H2,1H3. The van der Waals surface area contributed by atoms with E-state index in [0.29, 0.717) is 5.75 Å². The molecular formula is C17H14O3. The first-order chi connectivity index (χ1) is 9.70. The van der Waals surface area contributed by atoms with Crippen LogP contribution in [0, 0.1) is 0 Å². The molecule has 3 nitrogen and oxygen atoms in total. The van der Waals surface area contributed by atoms with Gasteiger partial charge in [0.15, 0.2) is 0 Å². The summed E-state index contributed by atoms with van der Waals surface area (Å²) in [5.74, 6) is 1.11. The van der Waals surface area contributed by atoms with Crippen LogP contribution < -0.4 is 4.74 Å². The molecule has 0 N–H and O–H groups in total. The average Bonchev–Trinajstić information content (AvgIpc) is 2.80. The van der Waals surface area contributed by atoms with Crippen molar-refractivity contribution < 1.29 is 13.9 Å². The highest BCUT2D eigenvalue weighted by atomic mass is 16.5. The van der Waals surface area contributed by atoms with Gasteiger partial charge in [0.05, 0.1) is 0 Å². The highest BCUT2D eigenvalue weighted by molar-refractivity contribution is 5.81. The van der Waals surface area contributed by atoms with Crippen LogP contribution in [0.5, 0.6) is 5.75 Å². The minimum atomic E-state index is -0.322. The van der Waals surface area contributed by atoms with E-state index in [1.807, 2.05) is 36.4 Å². The molecule has 1 heterocycles. The van der Waals surface area contributed by atoms with Crippen molar-refractivity contribution in [1.82, 2.24) is 0 Å². The highest BCUT2D eigenvalue weighted by Gasteiger charge is 2.07. The predicted octanol–water partition coefficient (Wildman–Crippen LogP) is 3.95. The lowest BCUT2D eigenvalue weighted by molar-refractivity contribution is -0.131. The van der Waals surface area contributed by atoms with Crippen LogP contribution in [-0.2, 0) is 11.2 Å². The Morgan fingerprint density at radius 1 is 1.10 bits per heavy atom. The fraction of sp³-hybridized carbons (Fsp3) is 0.118. The molecule has 0 amide bonds. The van der Waals surface area contributed by atoms with Crippen LogP contribution in [0.25, 0.3) is 11.0 Å². The molecule has 20 heavy (non-hydrogen) atoms. The van der Waals surface area contributed by atoms with E-state index in [1.54, 1.807) is 6.07 Å². The van der Waals surface area contributed by atoms with Crippen molar-refractivity contribution in [1.29, 1.82) is 0 Å². The van der Waals surface area contributed by atoms with Crippen LogP contribution in [0.15, 0.2) is 59.0 Å². The largest absolute Gasteiger partial charge is 0.461 e. The Labute approximate surface area is 116 Å². The smallest absolute Gasteiger partial charge is 0.308 e. The van der Waals surface area contributed by atoms with Crippen LogP contribution in [0.1, 0.15) is 18.2 Å². The number of benzene rings is 2. The summed E-state index contributed by atoms with van der Waals surface area (Å²) in [6, 6.07) is 17.5. The van der Waals surface area contributed by atoms with E-state index < -0.39 is 0 Å². The normalized spacial score (nSPS) is 10.7. The van der Waals surface area contributed by atoms with Gasteiger partial charge in [0.2, 0.25) is 0 Å². The molecule has 0 radical (unpaired) electrons. The molecular weight excluding hydrogens is 252 g/mol. The number of esters is 1. The summed E-state index contributed by atoms with van der Waals surface area (Å²) < 4.78 is 10.9. The first kappa shape index (κ1) is 12.5. The number of ether oxygens (including phenoxy) is 1. The van der Waals surface area contributed by atoms with Crippen LogP contribution in [-0.4, -0.2) is 5.97 Å². The van der Waals surface area contributed by atoms with E-state index in [0.717, 1.165) is 23.2 Å². The molecule has 3 rings (SSSR count). The summed E-state index contributed by atoms with van der Waals surface area (Å²) in [6.45, 7) is 1.39. The number of hydrogen-bond acceptors (Lipinski definition) is 3. The maximum Gasteiger partial charge on any atom is 0.308 e. The zero-order valence-corrected chi connectivity index (χ0v) is 11.1. The van der Waals surface area contributed by atoms with Gasteiger partial charge in [-0.15, -0.1) is 0 Å². The maximum absolute atomic E-state index is 10.9. The van der Waals surface area contributed by atoms with E-state index in [2.05, 4.69) is 12.1 Å². The molecule has 3 aromatic rings. The second-order valence-electron chi connectivity index (χ2n) is 4.67. The quantitative estimate of drug-likeness (QED) is 0.532. The fourth-order valence-corrected chi connectivity index (χ4v) is 2.19. The number of furan rings is 1. The number of hydrogen-bond donors (Lipinski definition) is 0. The summed E-state index contributed by atoms with van der Waals surface area (Å²) in [6.07, 6.45) is 0.748. The minimum absolute atomic E-state index is 0.322. The lowest BCUT2D eigenvalue weighted by Gasteiger charge is -1.99. The molecule has 0 atom stereocenters. The van der Waals surface area contributed by atoms with Gasteiger partial charge < -0.3 is 9.15 Å². The lowest BCUT2D eigenvalue weighted by atomic mass is 10.1. The number of carbonyl (C=O) groups is 1. The molecule has 0 bridgehead atoms. The monoisotopic (exact) mass is 266 g/mol. The topological polar surface area (TPSA) is 39.4 Å². The Hall–Kier alpha value is -2.55. The second-order valence-corrected chi connectivity index (χ2v) is 4.67. The van der Waals surface area contributed by atoms with Crippen molar-refractivity contribution in [3.8, 4) is 5.75 Å². The number of rotatable bonds is 3. The third kappa shape index (κ3) is 2.72. The van der Waals surface area contributed by atoms with Gasteiger partial charge >= 0.3 is 5.97 Å². The van der Waals surface area contributed by atoms with Crippen molar-refractivity contribution in [2.24, 2.45) is 0 Å². The average molecular weight is 266 g/mol. The third-order valence-corrected chi connectivity index (χ3v) is 3.02. The van der Waals surface area contributed by atoms with Crippen LogP contribution in [0.4, 0.5) is 0 Å². The van der Waals surface area contributed by atoms with Crippen molar-refractivity contribution in [2.45, 2.75) is 13.3 Å². The molecule has 0 aliphatic carbocycles. The Kier molecular flexibility index (Phi) is 3.25. The summed E-state index contributed by atoms with van der Waals surface area (Å²) in [4.78, 5) is 10.9. The first-order valence-corrected chi connectivity index (χ1v) is 6.45. The van der Waals surface area contributed by atoms with Gasteiger partial charge in [-0.1, -0.05) is 30.3 Å². The van der Waals surface area contributed by atoms with E-state index >= 15 is 0 Å². The predicted molar refractivity (Wildman–Crippen MR) is 76.8 cm³/mol. The Balaban J connectivity index is 1.88. The summed E-state index contributed by atoms with van der Waals surface area (Å²) >= 11 is 0. The molecule has 3 heteroatoms. The van der Waals surface area contributed by atoms with Gasteiger partial charge in [-0.3, -0.25) is 4.79 Å². The molecule has 2 aromatic carbocycles. The second kappa shape index (κ2) is 5.21. The van der Waals surface area contributed by atoms with Gasteiger partial charge in [0.1, 0.15) is 17.1 Å². The van der Waals surface area contributed by atoms with Gasteiger partial charge in [-0.05, 0) is 29.8 Å². The molecule has 0 unspecified atom stereocenters. The van der Waals surface area contributed by atoms with E-state index in [9.17, 15) is 4.79 Å². The van der Waals surface area contributed by atoms with Crippen molar-refractivity contribution in [2.75, 3.05) is 0 Å². The van der Waals surface area contributed by atoms with Crippen molar-refractivity contribution >= 4 is 16.9 Å². The molecule has 1 aromatic heterocycles. The lowest BCUT2D eigenvalue weighted by Crippen LogP contribution is -2.00. The summed E-state index contributed by atoms with van der Waals surface area (Å²) in [7, 11) is 0. The SMILES string of the molecule is CC(=O)Oc1ccc2oc(Cc3ccccc3)cc2c1. The van der Waals surface area contributed by atoms with E-state index in [-0.39, 0.29) is 5.97 Å². The maximum atomic E-state index is 10.9. The zero-order valence-electron chi connectivity index (χ0n) is 11.1. The minimum Gasteiger partial charge on any atom is -0.461 e. The first-order valence-electron chi connectivity index (χ1n) is 6.45. The highest BCUT2D eigenvalue weighted by Crippen LogP contribution is 2.25. The van der Waals surface area contributed by atoms with Gasteiger partial charge in [0.25, 0.3) is 0 Å². The molecule has 0 saturated carbocycles. The number of fused-ring (bicyclic) bond motifs is 1. The number of carbonyl (C=O) groups excluding carboxylic acids is 1. The molecule has 0 aliphatic rings. The molecule has 0 fully saturated rings. The van der Waals surface area contributed by atoms with Gasteiger partial charge in [-0.2, -0.15) is 0 Å². The van der Waals surface area contributed by atoms with Crippen LogP contribution >= 0.6 is 0 Å². The molecule has 0 spiro atoms. The fourth-order valence-electron chi connectivity index (χ4n) is 2.19. The van der Waals surface area contributed by atoms with Crippen molar-refractivity contribution in [3.63, 3.8) is 0 Å². The summed E-state index contributed by atoms with van der Waals surface area (Å²) in [5, 5.41) is 0.940. The third-order valence-electron chi connectivity index (χ3n) is 3.02. The molecule has 0 aliphatic heterocycles.